The summed E-state index contributed by atoms with van der Waals surface area (Å²) in [5.74, 6) is 0. The Bertz CT molecular complexity index is 694. The summed E-state index contributed by atoms with van der Waals surface area (Å²) in [5.41, 5.74) is 13.4. The molecule has 0 unspecified atom stereocenters. The lowest BCUT2D eigenvalue weighted by Gasteiger charge is -2.14. The van der Waals surface area contributed by atoms with Crippen molar-refractivity contribution in [1.82, 2.24) is 10.9 Å². The molecular formula is C17H16ClN3O. The minimum atomic E-state index is -0.681. The molecule has 0 radical (unpaired) electrons. The zero-order chi connectivity index (χ0) is 15.9. The van der Waals surface area contributed by atoms with Gasteiger partial charge in [0, 0.05) is 10.6 Å². The number of benzene rings is 2. The van der Waals surface area contributed by atoms with E-state index >= 15 is 0 Å². The maximum absolute atomic E-state index is 10.8. The third kappa shape index (κ3) is 4.40. The third-order valence-electron chi connectivity index (χ3n) is 2.93. The van der Waals surface area contributed by atoms with Gasteiger partial charge in [0.1, 0.15) is 0 Å². The van der Waals surface area contributed by atoms with Crippen LogP contribution in [0.25, 0.3) is 11.6 Å². The summed E-state index contributed by atoms with van der Waals surface area (Å²) in [7, 11) is 0. The number of hydrazine groups is 1. The molecule has 0 saturated carbocycles. The lowest BCUT2D eigenvalue weighted by molar-refractivity contribution is 0.246. The van der Waals surface area contributed by atoms with Crippen molar-refractivity contribution < 1.29 is 4.79 Å². The van der Waals surface area contributed by atoms with Crippen molar-refractivity contribution in [1.29, 1.82) is 0 Å². The van der Waals surface area contributed by atoms with Crippen molar-refractivity contribution in [3.05, 3.63) is 83.0 Å². The van der Waals surface area contributed by atoms with Crippen LogP contribution < -0.4 is 16.6 Å². The van der Waals surface area contributed by atoms with Crippen LogP contribution in [0.3, 0.4) is 0 Å². The number of nitrogens with two attached hydrogens (primary N) is 1. The van der Waals surface area contributed by atoms with Gasteiger partial charge in [-0.25, -0.2) is 4.79 Å². The predicted molar refractivity (Wildman–Crippen MR) is 90.8 cm³/mol. The zero-order valence-corrected chi connectivity index (χ0v) is 12.6. The number of rotatable bonds is 5. The van der Waals surface area contributed by atoms with E-state index in [0.717, 1.165) is 16.7 Å². The molecular weight excluding hydrogens is 298 g/mol. The van der Waals surface area contributed by atoms with Crippen LogP contribution in [0.1, 0.15) is 11.1 Å². The van der Waals surface area contributed by atoms with E-state index < -0.39 is 6.03 Å². The maximum Gasteiger partial charge on any atom is 0.330 e. The van der Waals surface area contributed by atoms with E-state index in [-0.39, 0.29) is 0 Å². The number of allylic oxidation sites excluding steroid dienone is 1. The molecule has 22 heavy (non-hydrogen) atoms. The quantitative estimate of drug-likeness (QED) is 0.449. The van der Waals surface area contributed by atoms with Crippen molar-refractivity contribution >= 4 is 29.3 Å². The van der Waals surface area contributed by atoms with Crippen LogP contribution in [-0.2, 0) is 0 Å². The van der Waals surface area contributed by atoms with E-state index in [2.05, 4.69) is 17.4 Å². The van der Waals surface area contributed by atoms with Crippen molar-refractivity contribution in [2.45, 2.75) is 0 Å². The first-order chi connectivity index (χ1) is 10.6. The fraction of sp³-hybridized carbons (Fsp3) is 0. The predicted octanol–water partition coefficient (Wildman–Crippen LogP) is 3.57. The van der Waals surface area contributed by atoms with Crippen LogP contribution in [0.2, 0.25) is 5.02 Å². The van der Waals surface area contributed by atoms with E-state index in [1.54, 1.807) is 0 Å². The van der Waals surface area contributed by atoms with Gasteiger partial charge in [0.15, 0.2) is 0 Å². The molecule has 112 valence electrons. The molecule has 2 aromatic rings. The van der Waals surface area contributed by atoms with E-state index in [0.29, 0.717) is 10.7 Å². The number of primary amides is 1. The monoisotopic (exact) mass is 313 g/mol. The van der Waals surface area contributed by atoms with Gasteiger partial charge in [-0.2, -0.15) is 0 Å². The number of urea groups is 1. The molecule has 0 aliphatic carbocycles. The van der Waals surface area contributed by atoms with E-state index in [9.17, 15) is 4.79 Å². The van der Waals surface area contributed by atoms with Crippen LogP contribution in [0.15, 0.2) is 66.9 Å². The molecule has 0 aromatic heterocycles. The highest BCUT2D eigenvalue weighted by atomic mass is 35.5. The summed E-state index contributed by atoms with van der Waals surface area (Å²) in [6.07, 6.45) is 1.95. The average molecular weight is 314 g/mol. The van der Waals surface area contributed by atoms with Gasteiger partial charge in [-0.3, -0.25) is 10.9 Å². The Morgan fingerprint density at radius 2 is 1.68 bits per heavy atom. The normalized spacial score (nSPS) is 10.9. The first kappa shape index (κ1) is 15.7. The summed E-state index contributed by atoms with van der Waals surface area (Å²) in [6.45, 7) is 3.94. The molecule has 0 aliphatic heterocycles. The van der Waals surface area contributed by atoms with Gasteiger partial charge in [0.25, 0.3) is 0 Å². The first-order valence-corrected chi connectivity index (χ1v) is 6.97. The Hall–Kier alpha value is -2.72. The fourth-order valence-corrected chi connectivity index (χ4v) is 2.02. The Labute approximate surface area is 134 Å². The third-order valence-corrected chi connectivity index (χ3v) is 3.18. The molecule has 2 amide bonds. The number of hydrogen-bond donors (Lipinski definition) is 3. The second-order valence-electron chi connectivity index (χ2n) is 4.57. The number of halogens is 1. The second-order valence-corrected chi connectivity index (χ2v) is 5.00. The molecule has 2 aromatic carbocycles. The maximum atomic E-state index is 10.8. The highest BCUT2D eigenvalue weighted by molar-refractivity contribution is 6.30. The molecule has 0 fully saturated rings. The van der Waals surface area contributed by atoms with Gasteiger partial charge < -0.3 is 5.73 Å². The van der Waals surface area contributed by atoms with Gasteiger partial charge >= 0.3 is 6.03 Å². The minimum Gasteiger partial charge on any atom is -0.350 e. The summed E-state index contributed by atoms with van der Waals surface area (Å²) in [6, 6.07) is 16.5. The van der Waals surface area contributed by atoms with Crippen molar-refractivity contribution in [2.75, 3.05) is 0 Å². The second kappa shape index (κ2) is 7.33. The van der Waals surface area contributed by atoms with Gasteiger partial charge in [-0.15, -0.1) is 0 Å². The van der Waals surface area contributed by atoms with Crippen LogP contribution in [0.5, 0.6) is 0 Å². The number of nitrogens with one attached hydrogen (secondary N) is 2. The summed E-state index contributed by atoms with van der Waals surface area (Å²) in [5, 5.41) is 0.672. The Balaban J connectivity index is 2.35. The van der Waals surface area contributed by atoms with E-state index in [1.165, 1.54) is 0 Å². The average Bonchev–Trinajstić information content (AvgIpc) is 2.53. The van der Waals surface area contributed by atoms with Crippen molar-refractivity contribution in [3.8, 4) is 0 Å². The molecule has 2 rings (SSSR count). The summed E-state index contributed by atoms with van der Waals surface area (Å²) < 4.78 is 0. The van der Waals surface area contributed by atoms with Gasteiger partial charge in [0.05, 0.1) is 5.70 Å². The Kier molecular flexibility index (Phi) is 5.22. The largest absolute Gasteiger partial charge is 0.350 e. The van der Waals surface area contributed by atoms with Gasteiger partial charge in [-0.1, -0.05) is 60.6 Å². The lowest BCUT2D eigenvalue weighted by atomic mass is 10.0. The SMILES string of the molecule is C=C(NNC(N)=O)C(=Cc1ccc(Cl)cc1)c1ccccc1. The van der Waals surface area contributed by atoms with E-state index in [1.807, 2.05) is 60.7 Å². The van der Waals surface area contributed by atoms with Crippen LogP contribution in [0.4, 0.5) is 4.79 Å². The highest BCUT2D eigenvalue weighted by Crippen LogP contribution is 2.23. The smallest absolute Gasteiger partial charge is 0.330 e. The molecule has 0 saturated heterocycles. The zero-order valence-electron chi connectivity index (χ0n) is 11.8. The van der Waals surface area contributed by atoms with Gasteiger partial charge in [-0.05, 0) is 29.3 Å². The Morgan fingerprint density at radius 3 is 2.27 bits per heavy atom. The molecule has 0 bridgehead atoms. The molecule has 4 nitrogen and oxygen atoms in total. The highest BCUT2D eigenvalue weighted by Gasteiger charge is 2.07. The molecule has 0 atom stereocenters. The fourth-order valence-electron chi connectivity index (χ4n) is 1.89. The summed E-state index contributed by atoms with van der Waals surface area (Å²) >= 11 is 5.90. The van der Waals surface area contributed by atoms with Crippen molar-refractivity contribution in [3.63, 3.8) is 0 Å². The topological polar surface area (TPSA) is 67.2 Å². The summed E-state index contributed by atoms with van der Waals surface area (Å²) in [4.78, 5) is 10.8. The van der Waals surface area contributed by atoms with E-state index in [4.69, 9.17) is 17.3 Å². The minimum absolute atomic E-state index is 0.528. The van der Waals surface area contributed by atoms with Crippen LogP contribution in [-0.4, -0.2) is 6.03 Å². The number of amides is 2. The Morgan fingerprint density at radius 1 is 1.05 bits per heavy atom. The first-order valence-electron chi connectivity index (χ1n) is 6.59. The standard InChI is InChI=1S/C17H16ClN3O/c1-12(20-21-17(19)22)16(14-5-3-2-4-6-14)11-13-7-9-15(18)10-8-13/h2-11,20H,1H2,(H3,19,21,22). The molecule has 0 heterocycles. The molecule has 0 aliphatic rings. The molecule has 4 N–H and O–H groups in total. The van der Waals surface area contributed by atoms with Crippen LogP contribution >= 0.6 is 11.6 Å². The molecule has 0 spiro atoms. The number of hydrogen-bond acceptors (Lipinski definition) is 2. The lowest BCUT2D eigenvalue weighted by Crippen LogP contribution is -2.40. The van der Waals surface area contributed by atoms with Crippen LogP contribution in [0, 0.1) is 0 Å². The van der Waals surface area contributed by atoms with Crippen molar-refractivity contribution in [2.24, 2.45) is 5.73 Å². The number of carbonyl (C=O) groups excluding carboxylic acids is 1. The van der Waals surface area contributed by atoms with Gasteiger partial charge in [0.2, 0.25) is 0 Å². The number of carbonyl (C=O) groups is 1. The molecule has 5 heteroatoms.